The predicted molar refractivity (Wildman–Crippen MR) is 181 cm³/mol. The van der Waals surface area contributed by atoms with Crippen LogP contribution in [-0.2, 0) is 9.47 Å². The molecule has 10 heteroatoms. The number of ether oxygens (including phenoxy) is 4. The number of hydrogen-bond donors (Lipinski definition) is 0. The molecule has 48 heavy (non-hydrogen) atoms. The van der Waals surface area contributed by atoms with Crippen molar-refractivity contribution in [2.45, 2.75) is 24.7 Å². The van der Waals surface area contributed by atoms with Gasteiger partial charge in [0.15, 0.2) is 23.0 Å². The van der Waals surface area contributed by atoms with E-state index in [0.717, 1.165) is 21.2 Å². The van der Waals surface area contributed by atoms with E-state index in [1.807, 2.05) is 121 Å². The highest BCUT2D eigenvalue weighted by Crippen LogP contribution is 2.58. The first-order valence-corrected chi connectivity index (χ1v) is 18.0. The van der Waals surface area contributed by atoms with Crippen LogP contribution in [0.2, 0.25) is 0 Å². The molecule has 0 spiro atoms. The van der Waals surface area contributed by atoms with Gasteiger partial charge >= 0.3 is 12.6 Å². The summed E-state index contributed by atoms with van der Waals surface area (Å²) >= 11 is 0. The Morgan fingerprint density at radius 1 is 0.542 bits per heavy atom. The molecule has 0 aromatic heterocycles. The van der Waals surface area contributed by atoms with Crippen LogP contribution in [-0.4, -0.2) is 18.2 Å². The zero-order valence-corrected chi connectivity index (χ0v) is 26.9. The Morgan fingerprint density at radius 3 is 1.58 bits per heavy atom. The van der Waals surface area contributed by atoms with Crippen molar-refractivity contribution >= 4 is 47.9 Å². The van der Waals surface area contributed by atoms with Gasteiger partial charge in [-0.2, -0.15) is 0 Å². The van der Waals surface area contributed by atoms with E-state index in [4.69, 9.17) is 18.9 Å². The Hall–Kier alpha value is -4.64. The smallest absolute Gasteiger partial charge is 0.396 e. The topological polar surface area (TPSA) is 36.9 Å². The predicted octanol–water partition coefficient (Wildman–Crippen LogP) is 7.86. The van der Waals surface area contributed by atoms with Crippen LogP contribution in [0.3, 0.4) is 0 Å². The molecule has 0 bridgehead atoms. The molecule has 0 radical (unpaired) electrons. The summed E-state index contributed by atoms with van der Waals surface area (Å²) in [6.07, 6.45) is -6.03. The Labute approximate surface area is 276 Å². The van der Waals surface area contributed by atoms with Crippen LogP contribution in [0.5, 0.6) is 11.5 Å². The molecule has 3 aliphatic rings. The van der Waals surface area contributed by atoms with E-state index in [9.17, 15) is 0 Å². The third-order valence-corrected chi connectivity index (χ3v) is 13.5. The molecule has 4 nitrogen and oxygen atoms in total. The van der Waals surface area contributed by atoms with Crippen LogP contribution >= 0.6 is 15.8 Å². The van der Waals surface area contributed by atoms with Gasteiger partial charge in [0.2, 0.25) is 0 Å². The Kier molecular flexibility index (Phi) is 7.74. The zero-order valence-electron chi connectivity index (χ0n) is 25.1. The second kappa shape index (κ2) is 12.1. The summed E-state index contributed by atoms with van der Waals surface area (Å²) in [5.41, 5.74) is 0.0540. The van der Waals surface area contributed by atoms with E-state index in [-0.39, 0.29) is 35.0 Å². The highest BCUT2D eigenvalue weighted by Gasteiger charge is 2.53. The minimum Gasteiger partial charge on any atom is -0.396 e. The fraction of sp³-hybridized carbons (Fsp3) is 0.105. The van der Waals surface area contributed by atoms with Crippen LogP contribution < -0.4 is 36.0 Å². The number of rotatable bonds is 7. The van der Waals surface area contributed by atoms with Crippen molar-refractivity contribution in [3.8, 4) is 11.5 Å². The second-order valence-electron chi connectivity index (χ2n) is 11.2. The summed E-state index contributed by atoms with van der Waals surface area (Å²) in [6, 6.07) is 42.2. The Morgan fingerprint density at radius 2 is 1.04 bits per heavy atom. The van der Waals surface area contributed by atoms with Gasteiger partial charge in [0.1, 0.15) is 0 Å². The first kappa shape index (κ1) is 30.7. The molecular weight excluding hydrogens is 658 g/mol. The average molecular weight is 685 g/mol. The Bertz CT molecular complexity index is 1950. The molecule has 2 aliphatic heterocycles. The molecule has 1 fully saturated rings. The van der Waals surface area contributed by atoms with Crippen molar-refractivity contribution in [2.75, 3.05) is 0 Å². The van der Waals surface area contributed by atoms with Gasteiger partial charge in [0, 0.05) is 16.8 Å². The molecule has 0 unspecified atom stereocenters. The molecule has 0 N–H and O–H groups in total. The van der Waals surface area contributed by atoms with Crippen LogP contribution in [0.15, 0.2) is 151 Å². The van der Waals surface area contributed by atoms with Crippen LogP contribution in [0.1, 0.15) is 12.0 Å². The molecule has 1 saturated heterocycles. The first-order valence-electron chi connectivity index (χ1n) is 15.2. The van der Waals surface area contributed by atoms with Gasteiger partial charge < -0.3 is 18.9 Å². The summed E-state index contributed by atoms with van der Waals surface area (Å²) in [4.78, 5) is 0. The highest BCUT2D eigenvalue weighted by atomic mass is 31.1. The number of allylic oxidation sites excluding steroid dienone is 2. The maximum absolute atomic E-state index is 15.0. The van der Waals surface area contributed by atoms with E-state index in [1.54, 1.807) is 12.1 Å². The van der Waals surface area contributed by atoms with Gasteiger partial charge in [0.05, 0.1) is 0 Å². The lowest BCUT2D eigenvalue weighted by Gasteiger charge is -2.34. The number of halogens is 4. The summed E-state index contributed by atoms with van der Waals surface area (Å²) in [5, 5.41) is 4.46. The lowest BCUT2D eigenvalue weighted by Crippen LogP contribution is -2.30. The van der Waals surface area contributed by atoms with Crippen LogP contribution in [0, 0.1) is 0 Å². The van der Waals surface area contributed by atoms with Gasteiger partial charge in [-0.1, -0.05) is 121 Å². The minimum absolute atomic E-state index is 0.139. The van der Waals surface area contributed by atoms with Gasteiger partial charge in [0.25, 0.3) is 0 Å². The van der Waals surface area contributed by atoms with Crippen molar-refractivity contribution in [3.05, 3.63) is 157 Å². The van der Waals surface area contributed by atoms with Gasteiger partial charge in [-0.25, -0.2) is 0 Å². The van der Waals surface area contributed by atoms with E-state index in [0.29, 0.717) is 10.9 Å². The Balaban J connectivity index is 1.45. The normalized spacial score (nSPS) is 18.7. The minimum atomic E-state index is -3.97. The number of alkyl halides is 4. The molecule has 1 atom stereocenters. The molecule has 240 valence electrons. The molecule has 5 aromatic rings. The molecular formula is C38H26F4O4P2. The summed E-state index contributed by atoms with van der Waals surface area (Å²) < 4.78 is 80.6. The fourth-order valence-electron chi connectivity index (χ4n) is 6.41. The third kappa shape index (κ3) is 5.63. The molecule has 5 aromatic carbocycles. The van der Waals surface area contributed by atoms with Crippen molar-refractivity contribution in [1.29, 1.82) is 0 Å². The fourth-order valence-corrected chi connectivity index (χ4v) is 11.7. The quantitative estimate of drug-likeness (QED) is 0.129. The number of benzene rings is 5. The molecule has 8 rings (SSSR count). The van der Waals surface area contributed by atoms with Crippen molar-refractivity contribution in [2.24, 2.45) is 0 Å². The standard InChI is InChI=1S/C38H26F4O4P2/c39-37(40)43-29-21-23-31(47(25-13-5-1-6-14-25)26-15-7-2-8-16-26)33(35(29)45-37)34-32(24-22-30-36(34)46-38(41,42)44-30)48(27-17-9-3-10-18-27)28-19-11-4-12-20-28/h1-23,32H,24H2/t32-/m1/s1. The van der Waals surface area contributed by atoms with E-state index < -0.39 is 34.1 Å². The summed E-state index contributed by atoms with van der Waals surface area (Å²) in [7, 11) is -2.74. The summed E-state index contributed by atoms with van der Waals surface area (Å²) in [6.45, 7) is 0. The molecule has 0 amide bonds. The van der Waals surface area contributed by atoms with E-state index in [1.165, 1.54) is 6.07 Å². The highest BCUT2D eigenvalue weighted by molar-refractivity contribution is 7.80. The van der Waals surface area contributed by atoms with Crippen LogP contribution in [0.4, 0.5) is 17.6 Å². The monoisotopic (exact) mass is 684 g/mol. The van der Waals surface area contributed by atoms with Crippen molar-refractivity contribution in [3.63, 3.8) is 0 Å². The number of hydrogen-bond acceptors (Lipinski definition) is 4. The second-order valence-corrected chi connectivity index (χ2v) is 15.8. The number of fused-ring (bicyclic) bond motifs is 2. The maximum Gasteiger partial charge on any atom is 0.586 e. The zero-order chi connectivity index (χ0) is 32.9. The lowest BCUT2D eigenvalue weighted by molar-refractivity contribution is -0.326. The van der Waals surface area contributed by atoms with Gasteiger partial charge in [-0.15, -0.1) is 17.6 Å². The first-order chi connectivity index (χ1) is 23.3. The SMILES string of the molecule is FC1(F)OC2=CC[C@@H](P(c3ccccc3)c3ccccc3)C(c3c(P(c4ccccc4)c4ccccc4)ccc4c3OC(F)(F)O4)=C2O1. The molecule has 2 heterocycles. The average Bonchev–Trinajstić information content (AvgIpc) is 3.60. The van der Waals surface area contributed by atoms with Crippen LogP contribution in [0.25, 0.3) is 5.57 Å². The lowest BCUT2D eigenvalue weighted by atomic mass is 9.93. The summed E-state index contributed by atoms with van der Waals surface area (Å²) in [5.74, 6) is -0.742. The molecule has 1 aliphatic carbocycles. The van der Waals surface area contributed by atoms with Gasteiger partial charge in [-0.05, 0) is 67.0 Å². The van der Waals surface area contributed by atoms with Gasteiger partial charge in [-0.3, -0.25) is 0 Å². The largest absolute Gasteiger partial charge is 0.586 e. The molecule has 0 saturated carbocycles. The van der Waals surface area contributed by atoms with E-state index >= 15 is 17.6 Å². The van der Waals surface area contributed by atoms with E-state index in [2.05, 4.69) is 0 Å². The maximum atomic E-state index is 15.0. The van der Waals surface area contributed by atoms with Crippen molar-refractivity contribution < 1.29 is 36.5 Å². The van der Waals surface area contributed by atoms with Crippen molar-refractivity contribution in [1.82, 2.24) is 0 Å². The third-order valence-electron chi connectivity index (χ3n) is 8.25.